The van der Waals surface area contributed by atoms with Crippen LogP contribution in [0.3, 0.4) is 0 Å². The Morgan fingerprint density at radius 1 is 0.935 bits per heavy atom. The van der Waals surface area contributed by atoms with Gasteiger partial charge in [0.1, 0.15) is 18.0 Å². The molecule has 0 aliphatic carbocycles. The van der Waals surface area contributed by atoms with Crippen LogP contribution in [-0.2, 0) is 14.8 Å². The number of carbonyl (C=O) groups is 1. The van der Waals surface area contributed by atoms with Crippen molar-refractivity contribution in [3.8, 4) is 11.5 Å². The molecule has 162 valence electrons. The second kappa shape index (κ2) is 9.53. The van der Waals surface area contributed by atoms with E-state index in [9.17, 15) is 13.2 Å². The van der Waals surface area contributed by atoms with Gasteiger partial charge in [-0.15, -0.1) is 0 Å². The van der Waals surface area contributed by atoms with Crippen LogP contribution in [-0.4, -0.2) is 35.1 Å². The van der Waals surface area contributed by atoms with Gasteiger partial charge in [0.05, 0.1) is 24.8 Å². The molecule has 0 unspecified atom stereocenters. The summed E-state index contributed by atoms with van der Waals surface area (Å²) in [7, 11) is -1.12. The molecule has 0 spiro atoms. The molecule has 0 heterocycles. The summed E-state index contributed by atoms with van der Waals surface area (Å²) in [6, 6.07) is 19.9. The van der Waals surface area contributed by atoms with E-state index in [1.165, 1.54) is 26.4 Å². The van der Waals surface area contributed by atoms with E-state index < -0.39 is 22.5 Å². The molecular formula is C23H24N2O5S. The zero-order valence-corrected chi connectivity index (χ0v) is 18.3. The fourth-order valence-electron chi connectivity index (χ4n) is 2.98. The lowest BCUT2D eigenvalue weighted by Crippen LogP contribution is -2.38. The Balaban J connectivity index is 2.00. The minimum atomic E-state index is -4.05. The van der Waals surface area contributed by atoms with Crippen LogP contribution in [0.25, 0.3) is 0 Å². The molecule has 1 amide bonds. The van der Waals surface area contributed by atoms with Crippen molar-refractivity contribution in [2.45, 2.75) is 11.8 Å². The predicted octanol–water partition coefficient (Wildman–Crippen LogP) is 3.85. The summed E-state index contributed by atoms with van der Waals surface area (Å²) in [6.45, 7) is 1.50. The summed E-state index contributed by atoms with van der Waals surface area (Å²) < 4.78 is 38.5. The average molecular weight is 441 g/mol. The summed E-state index contributed by atoms with van der Waals surface area (Å²) >= 11 is 0. The number of benzene rings is 3. The van der Waals surface area contributed by atoms with Crippen LogP contribution in [0.15, 0.2) is 77.7 Å². The Morgan fingerprint density at radius 2 is 1.61 bits per heavy atom. The van der Waals surface area contributed by atoms with E-state index in [2.05, 4.69) is 5.32 Å². The minimum absolute atomic E-state index is 0.0657. The van der Waals surface area contributed by atoms with Crippen LogP contribution in [0, 0.1) is 6.92 Å². The lowest BCUT2D eigenvalue weighted by atomic mass is 10.2. The fraction of sp³-hybridized carbons (Fsp3) is 0.174. The first kappa shape index (κ1) is 22.2. The molecule has 0 radical (unpaired) electrons. The SMILES string of the molecule is COc1ccc(N(CC(=O)Nc2ccc(C)cc2)S(=O)(=O)c2ccccc2)c(OC)c1. The van der Waals surface area contributed by atoms with Crippen molar-refractivity contribution in [3.05, 3.63) is 78.4 Å². The van der Waals surface area contributed by atoms with Gasteiger partial charge in [-0.2, -0.15) is 0 Å². The number of nitrogens with one attached hydrogen (secondary N) is 1. The van der Waals surface area contributed by atoms with Crippen molar-refractivity contribution in [2.75, 3.05) is 30.4 Å². The maximum absolute atomic E-state index is 13.4. The number of hydrogen-bond acceptors (Lipinski definition) is 5. The van der Waals surface area contributed by atoms with E-state index >= 15 is 0 Å². The molecule has 3 aromatic rings. The third-order valence-electron chi connectivity index (χ3n) is 4.61. The van der Waals surface area contributed by atoms with Gasteiger partial charge >= 0.3 is 0 Å². The molecule has 0 aliphatic rings. The molecule has 1 N–H and O–H groups in total. The van der Waals surface area contributed by atoms with E-state index in [0.29, 0.717) is 11.4 Å². The van der Waals surface area contributed by atoms with Crippen molar-refractivity contribution < 1.29 is 22.7 Å². The first-order valence-corrected chi connectivity index (χ1v) is 11.0. The summed E-state index contributed by atoms with van der Waals surface area (Å²) in [6.07, 6.45) is 0. The first-order valence-electron chi connectivity index (χ1n) is 9.51. The molecule has 0 aliphatic heterocycles. The van der Waals surface area contributed by atoms with Gasteiger partial charge < -0.3 is 14.8 Å². The van der Waals surface area contributed by atoms with Crippen molar-refractivity contribution in [1.82, 2.24) is 0 Å². The van der Waals surface area contributed by atoms with Crippen LogP contribution in [0.1, 0.15) is 5.56 Å². The van der Waals surface area contributed by atoms with Crippen LogP contribution in [0.2, 0.25) is 0 Å². The van der Waals surface area contributed by atoms with Gasteiger partial charge in [-0.25, -0.2) is 8.42 Å². The molecule has 0 saturated carbocycles. The van der Waals surface area contributed by atoms with Crippen molar-refractivity contribution >= 4 is 27.3 Å². The molecule has 0 aromatic heterocycles. The van der Waals surface area contributed by atoms with Gasteiger partial charge in [0, 0.05) is 11.8 Å². The summed E-state index contributed by atoms with van der Waals surface area (Å²) in [5.74, 6) is 0.282. The third kappa shape index (κ3) is 5.16. The third-order valence-corrected chi connectivity index (χ3v) is 6.38. The fourth-order valence-corrected chi connectivity index (χ4v) is 4.43. The van der Waals surface area contributed by atoms with Crippen molar-refractivity contribution in [2.24, 2.45) is 0 Å². The number of methoxy groups -OCH3 is 2. The van der Waals surface area contributed by atoms with Crippen LogP contribution in [0.4, 0.5) is 11.4 Å². The van der Waals surface area contributed by atoms with Gasteiger partial charge in [-0.1, -0.05) is 35.9 Å². The van der Waals surface area contributed by atoms with Gasteiger partial charge in [0.15, 0.2) is 0 Å². The van der Waals surface area contributed by atoms with Gasteiger partial charge in [0.2, 0.25) is 5.91 Å². The minimum Gasteiger partial charge on any atom is -0.497 e. The monoisotopic (exact) mass is 440 g/mol. The van der Waals surface area contributed by atoms with Crippen molar-refractivity contribution in [3.63, 3.8) is 0 Å². The number of aryl methyl sites for hydroxylation is 1. The highest BCUT2D eigenvalue weighted by atomic mass is 32.2. The average Bonchev–Trinajstić information content (AvgIpc) is 2.79. The smallest absolute Gasteiger partial charge is 0.264 e. The Bertz CT molecular complexity index is 1150. The molecule has 3 rings (SSSR count). The highest BCUT2D eigenvalue weighted by molar-refractivity contribution is 7.92. The first-order chi connectivity index (χ1) is 14.8. The second-order valence-electron chi connectivity index (χ2n) is 6.78. The molecule has 3 aromatic carbocycles. The number of sulfonamides is 1. The van der Waals surface area contributed by atoms with Gasteiger partial charge in [-0.3, -0.25) is 9.10 Å². The van der Waals surface area contributed by atoms with Gasteiger partial charge in [0.25, 0.3) is 10.0 Å². The molecule has 0 fully saturated rings. The molecule has 31 heavy (non-hydrogen) atoms. The van der Waals surface area contributed by atoms with Crippen LogP contribution >= 0.6 is 0 Å². The number of hydrogen-bond donors (Lipinski definition) is 1. The number of rotatable bonds is 8. The number of nitrogens with zero attached hydrogens (tertiary/aromatic N) is 1. The summed E-state index contributed by atoms with van der Waals surface area (Å²) in [5.41, 5.74) is 1.86. The Hall–Kier alpha value is -3.52. The largest absolute Gasteiger partial charge is 0.497 e. The lowest BCUT2D eigenvalue weighted by molar-refractivity contribution is -0.114. The Kier molecular flexibility index (Phi) is 6.81. The topological polar surface area (TPSA) is 84.9 Å². The highest BCUT2D eigenvalue weighted by Crippen LogP contribution is 2.35. The molecule has 0 bridgehead atoms. The standard InChI is InChI=1S/C23H24N2O5S/c1-17-9-11-18(12-10-17)24-23(26)16-25(31(27,28)20-7-5-4-6-8-20)21-14-13-19(29-2)15-22(21)30-3/h4-15H,16H2,1-3H3,(H,24,26). The zero-order valence-electron chi connectivity index (χ0n) is 17.5. The molecule has 8 heteroatoms. The molecule has 7 nitrogen and oxygen atoms in total. The second-order valence-corrected chi connectivity index (χ2v) is 8.64. The Labute approximate surface area is 182 Å². The molecular weight excluding hydrogens is 416 g/mol. The Morgan fingerprint density at radius 3 is 2.23 bits per heavy atom. The van der Waals surface area contributed by atoms with Crippen LogP contribution in [0.5, 0.6) is 11.5 Å². The summed E-state index contributed by atoms with van der Waals surface area (Å²) in [4.78, 5) is 12.9. The quantitative estimate of drug-likeness (QED) is 0.575. The lowest BCUT2D eigenvalue weighted by Gasteiger charge is -2.26. The molecule has 0 saturated heterocycles. The molecule has 0 atom stereocenters. The normalized spacial score (nSPS) is 10.9. The van der Waals surface area contributed by atoms with E-state index in [1.807, 2.05) is 19.1 Å². The van der Waals surface area contributed by atoms with E-state index in [-0.39, 0.29) is 16.3 Å². The summed E-state index contributed by atoms with van der Waals surface area (Å²) in [5, 5.41) is 2.74. The van der Waals surface area contributed by atoms with E-state index in [0.717, 1.165) is 9.87 Å². The van der Waals surface area contributed by atoms with Crippen molar-refractivity contribution in [1.29, 1.82) is 0 Å². The number of amides is 1. The van der Waals surface area contributed by atoms with Gasteiger partial charge in [-0.05, 0) is 43.3 Å². The number of ether oxygens (including phenoxy) is 2. The zero-order chi connectivity index (χ0) is 22.4. The van der Waals surface area contributed by atoms with E-state index in [1.54, 1.807) is 48.5 Å². The van der Waals surface area contributed by atoms with Crippen LogP contribution < -0.4 is 19.1 Å². The number of anilines is 2. The predicted molar refractivity (Wildman–Crippen MR) is 120 cm³/mol. The maximum Gasteiger partial charge on any atom is 0.264 e. The number of carbonyl (C=O) groups excluding carboxylic acids is 1. The highest BCUT2D eigenvalue weighted by Gasteiger charge is 2.29. The maximum atomic E-state index is 13.4. The van der Waals surface area contributed by atoms with E-state index in [4.69, 9.17) is 9.47 Å².